The summed E-state index contributed by atoms with van der Waals surface area (Å²) in [5.74, 6) is 0.332. The van der Waals surface area contributed by atoms with Crippen molar-refractivity contribution in [3.8, 4) is 5.75 Å². The lowest BCUT2D eigenvalue weighted by Gasteiger charge is -2.00. The van der Waals surface area contributed by atoms with Crippen molar-refractivity contribution < 1.29 is 14.6 Å². The summed E-state index contributed by atoms with van der Waals surface area (Å²) in [5.41, 5.74) is 0.325. The fourth-order valence-corrected chi connectivity index (χ4v) is 1.52. The average Bonchev–Trinajstić information content (AvgIpc) is 2.71. The van der Waals surface area contributed by atoms with Gasteiger partial charge in [-0.25, -0.2) is 10.1 Å². The van der Waals surface area contributed by atoms with E-state index in [4.69, 9.17) is 4.74 Å². The zero-order valence-electron chi connectivity index (χ0n) is 9.19. The second kappa shape index (κ2) is 4.26. The highest BCUT2D eigenvalue weighted by atomic mass is 16.6. The van der Waals surface area contributed by atoms with Crippen molar-refractivity contribution in [3.05, 3.63) is 40.4 Å². The molecule has 0 fully saturated rings. The Hall–Kier alpha value is -1.97. The third-order valence-corrected chi connectivity index (χ3v) is 2.24. The van der Waals surface area contributed by atoms with Crippen LogP contribution in [-0.4, -0.2) is 13.7 Å². The fraction of sp³-hybridized carbons (Fsp3) is 0.250. The Morgan fingerprint density at radius 3 is 2.94 bits per heavy atom. The van der Waals surface area contributed by atoms with Gasteiger partial charge in [-0.2, -0.15) is 0 Å². The zero-order valence-corrected chi connectivity index (χ0v) is 9.19. The van der Waals surface area contributed by atoms with Crippen LogP contribution in [0.5, 0.6) is 5.75 Å². The van der Waals surface area contributed by atoms with Gasteiger partial charge in [0.2, 0.25) is 0 Å². The molecule has 4 nitrogen and oxygen atoms in total. The zero-order chi connectivity index (χ0) is 11.5. The first-order valence-corrected chi connectivity index (χ1v) is 5.03. The van der Waals surface area contributed by atoms with Crippen molar-refractivity contribution >= 4 is 6.08 Å². The van der Waals surface area contributed by atoms with Gasteiger partial charge in [0, 0.05) is 11.3 Å². The van der Waals surface area contributed by atoms with E-state index < -0.39 is 5.95 Å². The molecule has 4 heteroatoms. The highest BCUT2D eigenvalue weighted by Gasteiger charge is 2.09. The molecule has 1 aromatic rings. The second-order valence-electron chi connectivity index (χ2n) is 3.29. The van der Waals surface area contributed by atoms with E-state index in [2.05, 4.69) is 9.73 Å². The molecule has 0 N–H and O–H groups in total. The largest absolute Gasteiger partial charge is 0.494 e. The number of fused-ring (bicyclic) bond motifs is 1. The summed E-state index contributed by atoms with van der Waals surface area (Å²) in [6.07, 6.45) is 1.71. The minimum atomic E-state index is -0.422. The second-order valence-corrected chi connectivity index (χ2v) is 3.29. The number of allylic oxidation sites excluding steroid dienone is 1. The molecule has 0 aliphatic carbocycles. The summed E-state index contributed by atoms with van der Waals surface area (Å²) >= 11 is 0. The summed E-state index contributed by atoms with van der Waals surface area (Å²) in [7, 11) is 1.34. The SMILES string of the molecule is CCOc1ccc2c(c1)=NC(=C([O])OC)C=2. The lowest BCUT2D eigenvalue weighted by atomic mass is 10.2. The Morgan fingerprint density at radius 1 is 1.44 bits per heavy atom. The van der Waals surface area contributed by atoms with Gasteiger partial charge in [-0.1, -0.05) is 0 Å². The van der Waals surface area contributed by atoms with Gasteiger partial charge in [0.1, 0.15) is 11.4 Å². The van der Waals surface area contributed by atoms with Crippen LogP contribution in [0, 0.1) is 0 Å². The van der Waals surface area contributed by atoms with E-state index in [0.717, 1.165) is 16.3 Å². The molecule has 0 saturated carbocycles. The summed E-state index contributed by atoms with van der Waals surface area (Å²) in [4.78, 5) is 4.17. The standard InChI is InChI=1S/C12H12NO3/c1-3-16-9-5-4-8-6-11(12(14)15-2)13-10(8)7-9/h4-7H,3H2,1-2H3. The molecular formula is C12H12NO3. The van der Waals surface area contributed by atoms with Gasteiger partial charge in [-0.05, 0) is 25.1 Å². The predicted octanol–water partition coefficient (Wildman–Crippen LogP) is 0.745. The molecule has 0 unspecified atom stereocenters. The van der Waals surface area contributed by atoms with E-state index >= 15 is 0 Å². The molecule has 0 amide bonds. The number of methoxy groups -OCH3 is 1. The van der Waals surface area contributed by atoms with Crippen LogP contribution in [0.4, 0.5) is 0 Å². The molecule has 0 atom stereocenters. The van der Waals surface area contributed by atoms with Crippen molar-refractivity contribution in [1.29, 1.82) is 0 Å². The maximum absolute atomic E-state index is 11.3. The molecular weight excluding hydrogens is 206 g/mol. The topological polar surface area (TPSA) is 50.7 Å². The van der Waals surface area contributed by atoms with Crippen LogP contribution in [0.25, 0.3) is 6.08 Å². The van der Waals surface area contributed by atoms with Crippen molar-refractivity contribution in [3.63, 3.8) is 0 Å². The van der Waals surface area contributed by atoms with Gasteiger partial charge in [0.15, 0.2) is 0 Å². The quantitative estimate of drug-likeness (QED) is 0.703. The highest BCUT2D eigenvalue weighted by Crippen LogP contribution is 2.10. The Balaban J connectivity index is 2.48. The van der Waals surface area contributed by atoms with E-state index in [9.17, 15) is 5.11 Å². The normalized spacial score (nSPS) is 15.9. The molecule has 0 spiro atoms. The van der Waals surface area contributed by atoms with E-state index in [1.807, 2.05) is 25.1 Å². The van der Waals surface area contributed by atoms with Crippen LogP contribution >= 0.6 is 0 Å². The molecule has 0 bridgehead atoms. The molecule has 1 aliphatic rings. The first-order valence-electron chi connectivity index (χ1n) is 5.03. The smallest absolute Gasteiger partial charge is 0.356 e. The monoisotopic (exact) mass is 218 g/mol. The third kappa shape index (κ3) is 1.86. The molecule has 16 heavy (non-hydrogen) atoms. The van der Waals surface area contributed by atoms with E-state index in [1.54, 1.807) is 6.08 Å². The summed E-state index contributed by atoms with van der Waals surface area (Å²) < 4.78 is 9.96. The van der Waals surface area contributed by atoms with Crippen molar-refractivity contribution in [2.24, 2.45) is 4.99 Å². The number of hydrogen-bond donors (Lipinski definition) is 0. The number of hydrogen-bond acceptors (Lipinski definition) is 3. The molecule has 1 aliphatic heterocycles. The number of nitrogens with zero attached hydrogens (tertiary/aromatic N) is 1. The van der Waals surface area contributed by atoms with Crippen LogP contribution in [-0.2, 0) is 9.84 Å². The van der Waals surface area contributed by atoms with E-state index in [1.165, 1.54) is 7.11 Å². The van der Waals surface area contributed by atoms with Gasteiger partial charge < -0.3 is 9.47 Å². The van der Waals surface area contributed by atoms with Crippen LogP contribution in [0.2, 0.25) is 0 Å². The van der Waals surface area contributed by atoms with Gasteiger partial charge in [-0.3, -0.25) is 0 Å². The Kier molecular flexibility index (Phi) is 2.81. The first-order chi connectivity index (χ1) is 7.74. The number of ether oxygens (including phenoxy) is 2. The van der Waals surface area contributed by atoms with Gasteiger partial charge in [0.25, 0.3) is 0 Å². The van der Waals surface area contributed by atoms with Crippen molar-refractivity contribution in [2.45, 2.75) is 6.92 Å². The van der Waals surface area contributed by atoms with Crippen LogP contribution in [0.15, 0.2) is 34.8 Å². The van der Waals surface area contributed by atoms with Gasteiger partial charge in [0.05, 0.1) is 19.1 Å². The van der Waals surface area contributed by atoms with Crippen LogP contribution in [0.1, 0.15) is 6.92 Å². The number of benzene rings is 1. The van der Waals surface area contributed by atoms with Gasteiger partial charge in [-0.15, -0.1) is 0 Å². The van der Waals surface area contributed by atoms with Crippen molar-refractivity contribution in [1.82, 2.24) is 0 Å². The van der Waals surface area contributed by atoms with Crippen molar-refractivity contribution in [2.75, 3.05) is 13.7 Å². The molecule has 0 aromatic heterocycles. The molecule has 1 heterocycles. The Bertz CT molecular complexity index is 546. The summed E-state index contributed by atoms with van der Waals surface area (Å²) in [6, 6.07) is 5.54. The number of rotatable bonds is 3. The van der Waals surface area contributed by atoms with Gasteiger partial charge >= 0.3 is 5.95 Å². The molecule has 0 saturated heterocycles. The predicted molar refractivity (Wildman–Crippen MR) is 57.6 cm³/mol. The lowest BCUT2D eigenvalue weighted by Crippen LogP contribution is -2.20. The van der Waals surface area contributed by atoms with Crippen LogP contribution in [0.3, 0.4) is 0 Å². The molecule has 2 rings (SSSR count). The van der Waals surface area contributed by atoms with E-state index in [0.29, 0.717) is 12.3 Å². The summed E-state index contributed by atoms with van der Waals surface area (Å²) in [5, 5.41) is 12.9. The summed E-state index contributed by atoms with van der Waals surface area (Å²) in [6.45, 7) is 2.53. The maximum atomic E-state index is 11.3. The first kappa shape index (κ1) is 10.5. The molecule has 83 valence electrons. The molecule has 1 aromatic carbocycles. The Labute approximate surface area is 93.2 Å². The highest BCUT2D eigenvalue weighted by molar-refractivity contribution is 5.50. The fourth-order valence-electron chi connectivity index (χ4n) is 1.52. The lowest BCUT2D eigenvalue weighted by molar-refractivity contribution is 0.0832. The maximum Gasteiger partial charge on any atom is 0.356 e. The molecule has 1 radical (unpaired) electrons. The minimum Gasteiger partial charge on any atom is -0.494 e. The minimum absolute atomic E-state index is 0.325. The van der Waals surface area contributed by atoms with E-state index in [-0.39, 0.29) is 0 Å². The third-order valence-electron chi connectivity index (χ3n) is 2.24. The Morgan fingerprint density at radius 2 is 2.25 bits per heavy atom. The van der Waals surface area contributed by atoms with Crippen LogP contribution < -0.4 is 15.3 Å². The average molecular weight is 218 g/mol.